The highest BCUT2D eigenvalue weighted by Crippen LogP contribution is 2.36. The van der Waals surface area contributed by atoms with Crippen molar-refractivity contribution in [3.8, 4) is 0 Å². The molecule has 0 aliphatic carbocycles. The standard InChI is InChI=1S/C25H37N7O3S/c1-15(2)28-23(34)25(26)10-5-11-32(14-25)17-8-12-31(13-9-17)22(33)19-18-7-6-16(3)29-20(18)36-21(19)30-24(35)27-4/h6-7,15,17H,5,8-14,26H2,1-4H3,(H,28,34)(H2,27,30,35). The van der Waals surface area contributed by atoms with Crippen LogP contribution in [0.25, 0.3) is 10.2 Å². The van der Waals surface area contributed by atoms with Gasteiger partial charge in [-0.2, -0.15) is 0 Å². The number of thiophene rings is 1. The summed E-state index contributed by atoms with van der Waals surface area (Å²) in [6.07, 6.45) is 3.18. The van der Waals surface area contributed by atoms with Crippen LogP contribution in [-0.2, 0) is 4.79 Å². The molecule has 2 aliphatic rings. The number of hydrogen-bond donors (Lipinski definition) is 4. The first-order chi connectivity index (χ1) is 17.1. The highest BCUT2D eigenvalue weighted by Gasteiger charge is 2.41. The summed E-state index contributed by atoms with van der Waals surface area (Å²) in [7, 11) is 1.54. The molecule has 2 aromatic rings. The average Bonchev–Trinajstić information content (AvgIpc) is 3.19. The number of hydrogen-bond acceptors (Lipinski definition) is 7. The quantitative estimate of drug-likeness (QED) is 0.483. The van der Waals surface area contributed by atoms with Crippen LogP contribution < -0.4 is 21.7 Å². The summed E-state index contributed by atoms with van der Waals surface area (Å²) >= 11 is 1.31. The van der Waals surface area contributed by atoms with E-state index in [4.69, 9.17) is 5.73 Å². The van der Waals surface area contributed by atoms with Gasteiger partial charge in [-0.25, -0.2) is 9.78 Å². The summed E-state index contributed by atoms with van der Waals surface area (Å²) in [6.45, 7) is 8.44. The zero-order valence-electron chi connectivity index (χ0n) is 21.5. The summed E-state index contributed by atoms with van der Waals surface area (Å²) in [5.74, 6) is -0.181. The van der Waals surface area contributed by atoms with E-state index < -0.39 is 5.54 Å². The first-order valence-electron chi connectivity index (χ1n) is 12.6. The number of aromatic nitrogens is 1. The third-order valence-electron chi connectivity index (χ3n) is 7.06. The summed E-state index contributed by atoms with van der Waals surface area (Å²) < 4.78 is 0. The number of fused-ring (bicyclic) bond motifs is 1. The molecule has 2 fully saturated rings. The van der Waals surface area contributed by atoms with Crippen molar-refractivity contribution in [1.29, 1.82) is 0 Å². The van der Waals surface area contributed by atoms with Gasteiger partial charge in [0, 0.05) is 49.8 Å². The van der Waals surface area contributed by atoms with Crippen LogP contribution in [0, 0.1) is 6.92 Å². The molecule has 10 nitrogen and oxygen atoms in total. The van der Waals surface area contributed by atoms with E-state index in [0.717, 1.165) is 41.7 Å². The van der Waals surface area contributed by atoms with Gasteiger partial charge in [0.1, 0.15) is 15.4 Å². The van der Waals surface area contributed by atoms with Crippen molar-refractivity contribution in [2.45, 2.75) is 64.1 Å². The lowest BCUT2D eigenvalue weighted by Crippen LogP contribution is -2.65. The zero-order valence-corrected chi connectivity index (χ0v) is 22.3. The van der Waals surface area contributed by atoms with Gasteiger partial charge in [0.2, 0.25) is 5.91 Å². The van der Waals surface area contributed by atoms with Gasteiger partial charge < -0.3 is 21.3 Å². The number of aryl methyl sites for hydroxylation is 1. The number of pyridine rings is 1. The van der Waals surface area contributed by atoms with Crippen molar-refractivity contribution < 1.29 is 14.4 Å². The number of carbonyl (C=O) groups excluding carboxylic acids is 3. The second-order valence-electron chi connectivity index (χ2n) is 10.2. The predicted molar refractivity (Wildman–Crippen MR) is 142 cm³/mol. The lowest BCUT2D eigenvalue weighted by Gasteiger charge is -2.45. The minimum absolute atomic E-state index is 0.0534. The fourth-order valence-corrected chi connectivity index (χ4v) is 6.26. The molecular formula is C25H37N7O3S. The molecule has 0 radical (unpaired) electrons. The van der Waals surface area contributed by atoms with Crippen molar-refractivity contribution in [2.75, 3.05) is 38.5 Å². The highest BCUT2D eigenvalue weighted by molar-refractivity contribution is 7.23. The molecule has 2 aromatic heterocycles. The van der Waals surface area contributed by atoms with Crippen LogP contribution >= 0.6 is 11.3 Å². The number of urea groups is 1. The maximum absolute atomic E-state index is 13.7. The van der Waals surface area contributed by atoms with Gasteiger partial charge in [0.05, 0.1) is 5.56 Å². The number of anilines is 1. The number of amides is 4. The maximum Gasteiger partial charge on any atom is 0.319 e. The number of carbonyl (C=O) groups is 3. The van der Waals surface area contributed by atoms with Gasteiger partial charge in [-0.05, 0) is 65.1 Å². The van der Waals surface area contributed by atoms with Crippen molar-refractivity contribution in [1.82, 2.24) is 25.4 Å². The molecule has 196 valence electrons. The molecule has 0 bridgehead atoms. The van der Waals surface area contributed by atoms with Gasteiger partial charge in [-0.15, -0.1) is 0 Å². The molecule has 11 heteroatoms. The van der Waals surface area contributed by atoms with Crippen molar-refractivity contribution in [3.63, 3.8) is 0 Å². The number of nitrogens with one attached hydrogen (secondary N) is 3. The fourth-order valence-electron chi connectivity index (χ4n) is 5.15. The summed E-state index contributed by atoms with van der Waals surface area (Å²) in [5.41, 5.74) is 7.03. The molecule has 2 saturated heterocycles. The van der Waals surface area contributed by atoms with E-state index in [1.165, 1.54) is 11.3 Å². The van der Waals surface area contributed by atoms with Crippen LogP contribution in [0.4, 0.5) is 9.80 Å². The third kappa shape index (κ3) is 5.47. The Morgan fingerprint density at radius 2 is 1.92 bits per heavy atom. The van der Waals surface area contributed by atoms with Gasteiger partial charge in [0.15, 0.2) is 0 Å². The molecule has 2 aliphatic heterocycles. The number of piperidine rings is 2. The molecular weight excluding hydrogens is 478 g/mol. The maximum atomic E-state index is 13.7. The summed E-state index contributed by atoms with van der Waals surface area (Å²) in [4.78, 5) is 47.9. The molecule has 4 heterocycles. The second kappa shape index (κ2) is 10.7. The van der Waals surface area contributed by atoms with Crippen LogP contribution in [0.15, 0.2) is 12.1 Å². The van der Waals surface area contributed by atoms with E-state index in [0.29, 0.717) is 36.6 Å². The molecule has 0 aromatic carbocycles. The zero-order chi connectivity index (χ0) is 26.0. The van der Waals surface area contributed by atoms with Gasteiger partial charge in [0.25, 0.3) is 5.91 Å². The second-order valence-corrected chi connectivity index (χ2v) is 11.2. The number of nitrogens with two attached hydrogens (primary N) is 1. The Kier molecular flexibility index (Phi) is 7.82. The Morgan fingerprint density at radius 3 is 2.58 bits per heavy atom. The first kappa shape index (κ1) is 26.3. The van der Waals surface area contributed by atoms with Crippen LogP contribution in [0.1, 0.15) is 55.6 Å². The van der Waals surface area contributed by atoms with Crippen molar-refractivity contribution >= 4 is 44.4 Å². The minimum Gasteiger partial charge on any atom is -0.352 e. The Morgan fingerprint density at radius 1 is 1.19 bits per heavy atom. The summed E-state index contributed by atoms with van der Waals surface area (Å²) in [6, 6.07) is 3.74. The number of rotatable bonds is 5. The Labute approximate surface area is 216 Å². The SMILES string of the molecule is CNC(=O)Nc1sc2nc(C)ccc2c1C(=O)N1CCC(N2CCCC(N)(C(=O)NC(C)C)C2)CC1. The lowest BCUT2D eigenvalue weighted by molar-refractivity contribution is -0.129. The highest BCUT2D eigenvalue weighted by atomic mass is 32.1. The molecule has 36 heavy (non-hydrogen) atoms. The van der Waals surface area contributed by atoms with Crippen molar-refractivity contribution in [2.24, 2.45) is 5.73 Å². The largest absolute Gasteiger partial charge is 0.352 e. The molecule has 4 rings (SSSR count). The minimum atomic E-state index is -0.878. The van der Waals surface area contributed by atoms with E-state index in [1.807, 2.05) is 37.8 Å². The van der Waals surface area contributed by atoms with Crippen LogP contribution in [0.5, 0.6) is 0 Å². The lowest BCUT2D eigenvalue weighted by atomic mass is 9.87. The van der Waals surface area contributed by atoms with E-state index >= 15 is 0 Å². The van der Waals surface area contributed by atoms with Gasteiger partial charge in [-0.3, -0.25) is 19.8 Å². The van der Waals surface area contributed by atoms with Crippen molar-refractivity contribution in [3.05, 3.63) is 23.4 Å². The van der Waals surface area contributed by atoms with E-state index in [1.54, 1.807) is 7.05 Å². The monoisotopic (exact) mass is 515 g/mol. The number of likely N-dealkylation sites (tertiary alicyclic amines) is 2. The molecule has 1 atom stereocenters. The van der Waals surface area contributed by atoms with E-state index in [-0.39, 0.29) is 29.9 Å². The molecule has 0 spiro atoms. The Balaban J connectivity index is 1.46. The van der Waals surface area contributed by atoms with E-state index in [2.05, 4.69) is 25.8 Å². The van der Waals surface area contributed by atoms with Crippen LogP contribution in [-0.4, -0.2) is 83.5 Å². The fraction of sp³-hybridized carbons (Fsp3) is 0.600. The molecule has 1 unspecified atom stereocenters. The smallest absolute Gasteiger partial charge is 0.319 e. The molecule has 4 amide bonds. The van der Waals surface area contributed by atoms with E-state index in [9.17, 15) is 14.4 Å². The van der Waals surface area contributed by atoms with Crippen LogP contribution in [0.3, 0.4) is 0 Å². The van der Waals surface area contributed by atoms with Gasteiger partial charge >= 0.3 is 6.03 Å². The first-order valence-corrected chi connectivity index (χ1v) is 13.4. The topological polar surface area (TPSA) is 133 Å². The van der Waals surface area contributed by atoms with Crippen LogP contribution in [0.2, 0.25) is 0 Å². The normalized spacial score (nSPS) is 21.6. The average molecular weight is 516 g/mol. The van der Waals surface area contributed by atoms with Gasteiger partial charge in [-0.1, -0.05) is 11.3 Å². The molecule has 0 saturated carbocycles. The number of nitrogens with zero attached hydrogens (tertiary/aromatic N) is 3. The Bertz CT molecular complexity index is 1140. The Hall–Kier alpha value is -2.76. The predicted octanol–water partition coefficient (Wildman–Crippen LogP) is 2.28. The third-order valence-corrected chi connectivity index (χ3v) is 8.07. The summed E-state index contributed by atoms with van der Waals surface area (Å²) in [5, 5.41) is 9.59. The molecule has 5 N–H and O–H groups in total.